The highest BCUT2D eigenvalue weighted by atomic mass is 32.2. The van der Waals surface area contributed by atoms with Crippen molar-refractivity contribution >= 4 is 21.6 Å². The highest BCUT2D eigenvalue weighted by Crippen LogP contribution is 2.22. The number of carbonyl (C=O) groups excluding carboxylic acids is 1. The lowest BCUT2D eigenvalue weighted by Crippen LogP contribution is -2.46. The lowest BCUT2D eigenvalue weighted by Gasteiger charge is -2.32. The zero-order valence-electron chi connectivity index (χ0n) is 11.6. The van der Waals surface area contributed by atoms with Crippen molar-refractivity contribution in [3.63, 3.8) is 0 Å². The average molecular weight is 298 g/mol. The molecule has 1 atom stereocenters. The van der Waals surface area contributed by atoms with Crippen LogP contribution in [0.4, 0.5) is 5.82 Å². The first-order valence-electron chi connectivity index (χ1n) is 6.54. The third kappa shape index (κ3) is 2.92. The van der Waals surface area contributed by atoms with Gasteiger partial charge < -0.3 is 9.64 Å². The summed E-state index contributed by atoms with van der Waals surface area (Å²) in [6, 6.07) is 3.31. The minimum absolute atomic E-state index is 0.0764. The summed E-state index contributed by atoms with van der Waals surface area (Å²) in [5, 5.41) is -0.465. The zero-order chi connectivity index (χ0) is 14.8. The van der Waals surface area contributed by atoms with Crippen molar-refractivity contribution in [1.82, 2.24) is 4.98 Å². The Hall–Kier alpha value is -1.63. The summed E-state index contributed by atoms with van der Waals surface area (Å²) in [7, 11) is -3.03. The third-order valence-electron chi connectivity index (χ3n) is 3.32. The number of carbonyl (C=O) groups is 1. The predicted octanol–water partition coefficient (Wildman–Crippen LogP) is 0.882. The van der Waals surface area contributed by atoms with Crippen LogP contribution in [0.25, 0.3) is 0 Å². The maximum atomic E-state index is 11.9. The fraction of sp³-hybridized carbons (Fsp3) is 0.538. The molecule has 0 amide bonds. The Kier molecular flexibility index (Phi) is 4.27. The number of esters is 1. The van der Waals surface area contributed by atoms with Crippen LogP contribution in [0.3, 0.4) is 0 Å². The van der Waals surface area contributed by atoms with Crippen molar-refractivity contribution in [2.45, 2.75) is 19.1 Å². The van der Waals surface area contributed by atoms with Crippen LogP contribution in [0, 0.1) is 0 Å². The number of ether oxygens (including phenoxy) is 1. The summed E-state index contributed by atoms with van der Waals surface area (Å²) in [5.74, 6) is 0.136. The van der Waals surface area contributed by atoms with Gasteiger partial charge in [0.1, 0.15) is 11.4 Å². The molecular formula is C13H18N2O4S. The molecule has 1 unspecified atom stereocenters. The smallest absolute Gasteiger partial charge is 0.341 e. The summed E-state index contributed by atoms with van der Waals surface area (Å²) in [6.45, 7) is 4.39. The van der Waals surface area contributed by atoms with Gasteiger partial charge in [0.2, 0.25) is 0 Å². The number of pyridine rings is 1. The molecule has 1 aromatic rings. The average Bonchev–Trinajstić information content (AvgIpc) is 2.42. The summed E-state index contributed by atoms with van der Waals surface area (Å²) < 4.78 is 28.5. The molecule has 20 heavy (non-hydrogen) atoms. The van der Waals surface area contributed by atoms with Gasteiger partial charge in [-0.15, -0.1) is 0 Å². The quantitative estimate of drug-likeness (QED) is 0.771. The largest absolute Gasteiger partial charge is 0.462 e. The van der Waals surface area contributed by atoms with Crippen LogP contribution >= 0.6 is 0 Å². The molecule has 0 aliphatic carbocycles. The second-order valence-corrected chi connectivity index (χ2v) is 7.26. The van der Waals surface area contributed by atoms with E-state index >= 15 is 0 Å². The maximum absolute atomic E-state index is 11.9. The molecule has 7 heteroatoms. The van der Waals surface area contributed by atoms with Gasteiger partial charge >= 0.3 is 5.97 Å². The molecule has 1 aromatic heterocycles. The van der Waals surface area contributed by atoms with Crippen molar-refractivity contribution in [1.29, 1.82) is 0 Å². The molecule has 2 heterocycles. The van der Waals surface area contributed by atoms with Crippen molar-refractivity contribution in [3.8, 4) is 0 Å². The molecule has 0 spiro atoms. The molecule has 110 valence electrons. The highest BCUT2D eigenvalue weighted by Gasteiger charge is 2.31. The van der Waals surface area contributed by atoms with E-state index in [-0.39, 0.29) is 12.4 Å². The minimum Gasteiger partial charge on any atom is -0.462 e. The van der Waals surface area contributed by atoms with Crippen LogP contribution in [-0.4, -0.2) is 50.1 Å². The molecular weight excluding hydrogens is 280 g/mol. The van der Waals surface area contributed by atoms with Crippen molar-refractivity contribution in [3.05, 3.63) is 23.9 Å². The van der Waals surface area contributed by atoms with E-state index in [1.807, 2.05) is 4.90 Å². The molecule has 1 aliphatic heterocycles. The van der Waals surface area contributed by atoms with E-state index < -0.39 is 21.1 Å². The Balaban J connectivity index is 2.28. The Morgan fingerprint density at radius 1 is 1.55 bits per heavy atom. The van der Waals surface area contributed by atoms with E-state index in [2.05, 4.69) is 4.98 Å². The molecule has 0 bridgehead atoms. The summed E-state index contributed by atoms with van der Waals surface area (Å²) in [4.78, 5) is 18.0. The summed E-state index contributed by atoms with van der Waals surface area (Å²) >= 11 is 0. The first kappa shape index (κ1) is 14.8. The highest BCUT2D eigenvalue weighted by molar-refractivity contribution is 7.92. The van der Waals surface area contributed by atoms with E-state index in [0.717, 1.165) is 0 Å². The van der Waals surface area contributed by atoms with Crippen LogP contribution in [0.5, 0.6) is 0 Å². The zero-order valence-corrected chi connectivity index (χ0v) is 12.4. The van der Waals surface area contributed by atoms with Crippen molar-refractivity contribution in [2.75, 3.05) is 30.3 Å². The van der Waals surface area contributed by atoms with E-state index in [1.165, 1.54) is 0 Å². The maximum Gasteiger partial charge on any atom is 0.341 e. The van der Waals surface area contributed by atoms with Crippen LogP contribution in [-0.2, 0) is 14.6 Å². The van der Waals surface area contributed by atoms with E-state index in [4.69, 9.17) is 4.74 Å². The van der Waals surface area contributed by atoms with Crippen LogP contribution in [0.15, 0.2) is 18.3 Å². The normalized spacial score (nSPS) is 21.5. The molecule has 1 aliphatic rings. The first-order valence-corrected chi connectivity index (χ1v) is 8.26. The molecule has 0 saturated carbocycles. The van der Waals surface area contributed by atoms with Crippen molar-refractivity contribution in [2.24, 2.45) is 0 Å². The Labute approximate surface area is 118 Å². The predicted molar refractivity (Wildman–Crippen MR) is 75.7 cm³/mol. The topological polar surface area (TPSA) is 76.6 Å². The van der Waals surface area contributed by atoms with Crippen LogP contribution < -0.4 is 4.90 Å². The van der Waals surface area contributed by atoms with Crippen LogP contribution in [0.1, 0.15) is 24.2 Å². The van der Waals surface area contributed by atoms with Gasteiger partial charge in [0.25, 0.3) is 0 Å². The standard InChI is InChI=1S/C13H18N2O4S/c1-3-19-13(16)11-5-4-6-14-12(11)15-7-8-20(17,18)10(2)9-15/h4-6,10H,3,7-9H2,1-2H3. The number of rotatable bonds is 3. The number of hydrogen-bond donors (Lipinski definition) is 0. The van der Waals surface area contributed by atoms with Gasteiger partial charge in [0, 0.05) is 19.3 Å². The monoisotopic (exact) mass is 298 g/mol. The third-order valence-corrected chi connectivity index (χ3v) is 5.44. The minimum atomic E-state index is -3.03. The molecule has 6 nitrogen and oxygen atoms in total. The molecule has 1 fully saturated rings. The molecule has 2 rings (SSSR count). The Morgan fingerprint density at radius 2 is 2.30 bits per heavy atom. The number of hydrogen-bond acceptors (Lipinski definition) is 6. The Morgan fingerprint density at radius 3 is 2.95 bits per heavy atom. The second kappa shape index (κ2) is 5.78. The molecule has 0 aromatic carbocycles. The van der Waals surface area contributed by atoms with Gasteiger partial charge in [-0.2, -0.15) is 0 Å². The van der Waals surface area contributed by atoms with E-state index in [0.29, 0.717) is 24.5 Å². The van der Waals surface area contributed by atoms with Gasteiger partial charge in [0.05, 0.1) is 17.6 Å². The molecule has 0 N–H and O–H groups in total. The van der Waals surface area contributed by atoms with Gasteiger partial charge in [-0.3, -0.25) is 0 Å². The van der Waals surface area contributed by atoms with Crippen LogP contribution in [0.2, 0.25) is 0 Å². The van der Waals surface area contributed by atoms with E-state index in [1.54, 1.807) is 32.2 Å². The van der Waals surface area contributed by atoms with Gasteiger partial charge in [-0.25, -0.2) is 18.2 Å². The SMILES string of the molecule is CCOC(=O)c1cccnc1N1CCS(=O)(=O)C(C)C1. The van der Waals surface area contributed by atoms with E-state index in [9.17, 15) is 13.2 Å². The number of anilines is 1. The Bertz CT molecular complexity index is 600. The van der Waals surface area contributed by atoms with Gasteiger partial charge in [-0.1, -0.05) is 0 Å². The number of aromatic nitrogens is 1. The van der Waals surface area contributed by atoms with Gasteiger partial charge in [-0.05, 0) is 26.0 Å². The fourth-order valence-corrected chi connectivity index (χ4v) is 3.45. The first-order chi connectivity index (χ1) is 9.45. The molecule has 0 radical (unpaired) electrons. The van der Waals surface area contributed by atoms with Crippen molar-refractivity contribution < 1.29 is 17.9 Å². The van der Waals surface area contributed by atoms with Gasteiger partial charge in [0.15, 0.2) is 9.84 Å². The summed E-state index contributed by atoms with van der Waals surface area (Å²) in [6.07, 6.45) is 1.59. The lowest BCUT2D eigenvalue weighted by atomic mass is 10.2. The number of nitrogens with zero attached hydrogens (tertiary/aromatic N) is 2. The second-order valence-electron chi connectivity index (χ2n) is 4.72. The summed E-state index contributed by atoms with van der Waals surface area (Å²) in [5.41, 5.74) is 0.376. The lowest BCUT2D eigenvalue weighted by molar-refractivity contribution is 0.0526. The fourth-order valence-electron chi connectivity index (χ4n) is 2.16. The molecule has 1 saturated heterocycles. The number of sulfone groups is 1.